The molecule has 0 atom stereocenters. The van der Waals surface area contributed by atoms with Crippen molar-refractivity contribution in [1.29, 1.82) is 0 Å². The molecular formula is C14H20ClNO3S. The van der Waals surface area contributed by atoms with Gasteiger partial charge in [0.2, 0.25) is 0 Å². The van der Waals surface area contributed by atoms with Crippen LogP contribution < -0.4 is 5.32 Å². The first-order valence-electron chi connectivity index (χ1n) is 6.71. The Labute approximate surface area is 124 Å². The highest BCUT2D eigenvalue weighted by molar-refractivity contribution is 8.13. The largest absolute Gasteiger partial charge is 0.349 e. The van der Waals surface area contributed by atoms with Crippen molar-refractivity contribution < 1.29 is 13.2 Å². The van der Waals surface area contributed by atoms with E-state index in [1.54, 1.807) is 12.1 Å². The predicted octanol–water partition coefficient (Wildman–Crippen LogP) is 3.09. The number of rotatable bonds is 6. The maximum Gasteiger partial charge on any atom is 0.261 e. The van der Waals surface area contributed by atoms with Gasteiger partial charge in [-0.25, -0.2) is 8.42 Å². The number of halogens is 1. The minimum absolute atomic E-state index is 0.0128. The second kappa shape index (κ2) is 7.09. The lowest BCUT2D eigenvalue weighted by molar-refractivity contribution is 0.0934. The number of nitrogens with one attached hydrogen (secondary N) is 1. The number of hydrogen-bond donors (Lipinski definition) is 1. The van der Waals surface area contributed by atoms with Crippen molar-refractivity contribution in [1.82, 2.24) is 5.32 Å². The summed E-state index contributed by atoms with van der Waals surface area (Å²) in [5.41, 5.74) is 0.924. The van der Waals surface area contributed by atoms with E-state index >= 15 is 0 Å². The van der Waals surface area contributed by atoms with Gasteiger partial charge in [0.15, 0.2) is 0 Å². The fourth-order valence-corrected chi connectivity index (χ4v) is 3.20. The molecule has 4 nitrogen and oxygen atoms in total. The molecule has 1 amide bonds. The molecule has 1 aromatic rings. The number of carbonyl (C=O) groups is 1. The zero-order valence-corrected chi connectivity index (χ0v) is 13.5. The Morgan fingerprint density at radius 2 is 1.85 bits per heavy atom. The van der Waals surface area contributed by atoms with Crippen molar-refractivity contribution in [2.45, 2.75) is 51.0 Å². The molecule has 0 spiro atoms. The first-order chi connectivity index (χ1) is 9.33. The van der Waals surface area contributed by atoms with Gasteiger partial charge in [-0.2, -0.15) is 0 Å². The summed E-state index contributed by atoms with van der Waals surface area (Å²) in [5.74, 6) is -0.275. The molecule has 0 bridgehead atoms. The second-order valence-electron chi connectivity index (χ2n) is 4.60. The summed E-state index contributed by atoms with van der Waals surface area (Å²) in [4.78, 5) is 12.1. The number of benzene rings is 1. The minimum Gasteiger partial charge on any atom is -0.349 e. The van der Waals surface area contributed by atoms with Crippen molar-refractivity contribution in [2.24, 2.45) is 0 Å². The lowest BCUT2D eigenvalue weighted by Crippen LogP contribution is -2.33. The first-order valence-corrected chi connectivity index (χ1v) is 9.02. The molecule has 0 radical (unpaired) electrons. The molecule has 0 aliphatic rings. The highest BCUT2D eigenvalue weighted by Gasteiger charge is 2.18. The van der Waals surface area contributed by atoms with Gasteiger partial charge in [-0.15, -0.1) is 0 Å². The van der Waals surface area contributed by atoms with Crippen LogP contribution in [0.5, 0.6) is 0 Å². The Kier molecular flexibility index (Phi) is 6.02. The molecule has 0 fully saturated rings. The van der Waals surface area contributed by atoms with E-state index in [2.05, 4.69) is 5.32 Å². The fraction of sp³-hybridized carbons (Fsp3) is 0.500. The van der Waals surface area contributed by atoms with Crippen LogP contribution >= 0.6 is 10.7 Å². The van der Waals surface area contributed by atoms with Gasteiger partial charge in [0, 0.05) is 22.3 Å². The van der Waals surface area contributed by atoms with E-state index in [1.807, 2.05) is 20.8 Å². The molecule has 20 heavy (non-hydrogen) atoms. The van der Waals surface area contributed by atoms with E-state index in [0.29, 0.717) is 17.5 Å². The summed E-state index contributed by atoms with van der Waals surface area (Å²) >= 11 is 0. The molecule has 0 unspecified atom stereocenters. The van der Waals surface area contributed by atoms with Crippen LogP contribution in [0.4, 0.5) is 0 Å². The lowest BCUT2D eigenvalue weighted by Gasteiger charge is -2.15. The normalized spacial score (nSPS) is 11.7. The van der Waals surface area contributed by atoms with Crippen LogP contribution in [0.3, 0.4) is 0 Å². The number of hydrogen-bond acceptors (Lipinski definition) is 3. The molecular weight excluding hydrogens is 298 g/mol. The van der Waals surface area contributed by atoms with Gasteiger partial charge in [0.25, 0.3) is 15.0 Å². The van der Waals surface area contributed by atoms with Crippen molar-refractivity contribution >= 4 is 25.6 Å². The van der Waals surface area contributed by atoms with E-state index in [0.717, 1.165) is 12.8 Å². The van der Waals surface area contributed by atoms with Crippen LogP contribution in [-0.2, 0) is 15.5 Å². The molecule has 1 rings (SSSR count). The number of aryl methyl sites for hydroxylation is 1. The quantitative estimate of drug-likeness (QED) is 0.820. The van der Waals surface area contributed by atoms with E-state index in [1.165, 1.54) is 6.07 Å². The van der Waals surface area contributed by atoms with E-state index in [4.69, 9.17) is 10.7 Å². The molecule has 1 aromatic carbocycles. The smallest absolute Gasteiger partial charge is 0.261 e. The SMILES string of the molecule is CCc1ccc(C(=O)NC(CC)CC)cc1S(=O)(=O)Cl. The van der Waals surface area contributed by atoms with E-state index in [-0.39, 0.29) is 16.8 Å². The summed E-state index contributed by atoms with van der Waals surface area (Å²) in [6.45, 7) is 5.82. The van der Waals surface area contributed by atoms with Gasteiger partial charge in [-0.1, -0.05) is 26.8 Å². The van der Waals surface area contributed by atoms with Crippen LogP contribution in [0.15, 0.2) is 23.1 Å². The minimum atomic E-state index is -3.85. The summed E-state index contributed by atoms with van der Waals surface area (Å²) in [5, 5.41) is 2.87. The zero-order chi connectivity index (χ0) is 15.3. The number of amides is 1. The molecule has 112 valence electrons. The molecule has 1 N–H and O–H groups in total. The van der Waals surface area contributed by atoms with Gasteiger partial charge in [0.05, 0.1) is 4.90 Å². The maximum atomic E-state index is 12.1. The van der Waals surface area contributed by atoms with Gasteiger partial charge in [-0.05, 0) is 37.0 Å². The zero-order valence-electron chi connectivity index (χ0n) is 11.9. The predicted molar refractivity (Wildman–Crippen MR) is 80.7 cm³/mol. The van der Waals surface area contributed by atoms with Crippen LogP contribution in [0, 0.1) is 0 Å². The van der Waals surface area contributed by atoms with Gasteiger partial charge in [0.1, 0.15) is 0 Å². The second-order valence-corrected chi connectivity index (χ2v) is 7.14. The average molecular weight is 318 g/mol. The first kappa shape index (κ1) is 17.0. The highest BCUT2D eigenvalue weighted by Crippen LogP contribution is 2.22. The van der Waals surface area contributed by atoms with E-state index < -0.39 is 9.05 Å². The van der Waals surface area contributed by atoms with Crippen LogP contribution in [-0.4, -0.2) is 20.4 Å². The van der Waals surface area contributed by atoms with Crippen LogP contribution in [0.2, 0.25) is 0 Å². The maximum absolute atomic E-state index is 12.1. The summed E-state index contributed by atoms with van der Waals surface area (Å²) in [6, 6.07) is 4.70. The lowest BCUT2D eigenvalue weighted by atomic mass is 10.1. The average Bonchev–Trinajstić information content (AvgIpc) is 2.42. The molecule has 0 aromatic heterocycles. The van der Waals surface area contributed by atoms with Crippen molar-refractivity contribution in [3.8, 4) is 0 Å². The standard InChI is InChI=1S/C14H20ClNO3S/c1-4-10-7-8-11(9-13(10)20(15,18)19)14(17)16-12(5-2)6-3/h7-9,12H,4-6H2,1-3H3,(H,16,17). The van der Waals surface area contributed by atoms with Crippen LogP contribution in [0.25, 0.3) is 0 Å². The van der Waals surface area contributed by atoms with E-state index in [9.17, 15) is 13.2 Å². The fourth-order valence-electron chi connectivity index (χ4n) is 1.98. The Morgan fingerprint density at radius 1 is 1.25 bits per heavy atom. The summed E-state index contributed by atoms with van der Waals surface area (Å²) in [6.07, 6.45) is 2.20. The van der Waals surface area contributed by atoms with Crippen molar-refractivity contribution in [3.63, 3.8) is 0 Å². The van der Waals surface area contributed by atoms with Gasteiger partial charge >= 0.3 is 0 Å². The molecule has 6 heteroatoms. The van der Waals surface area contributed by atoms with Gasteiger partial charge < -0.3 is 5.32 Å². The highest BCUT2D eigenvalue weighted by atomic mass is 35.7. The topological polar surface area (TPSA) is 63.2 Å². The Hall–Kier alpha value is -1.07. The summed E-state index contributed by atoms with van der Waals surface area (Å²) in [7, 11) is 1.57. The van der Waals surface area contributed by atoms with Crippen molar-refractivity contribution in [3.05, 3.63) is 29.3 Å². The molecule has 0 aliphatic heterocycles. The third-order valence-corrected chi connectivity index (χ3v) is 4.70. The Bertz CT molecular complexity index is 580. The Balaban J connectivity index is 3.12. The molecule has 0 aliphatic carbocycles. The third kappa shape index (κ3) is 4.21. The monoisotopic (exact) mass is 317 g/mol. The molecule has 0 saturated heterocycles. The molecule has 0 saturated carbocycles. The van der Waals surface area contributed by atoms with Crippen molar-refractivity contribution in [2.75, 3.05) is 0 Å². The van der Waals surface area contributed by atoms with Gasteiger partial charge in [-0.3, -0.25) is 4.79 Å². The third-order valence-electron chi connectivity index (χ3n) is 3.29. The van der Waals surface area contributed by atoms with Crippen LogP contribution in [0.1, 0.15) is 49.5 Å². The summed E-state index contributed by atoms with van der Waals surface area (Å²) < 4.78 is 23.1. The molecule has 0 heterocycles. The Morgan fingerprint density at radius 3 is 2.30 bits per heavy atom. The number of carbonyl (C=O) groups excluding carboxylic acids is 1.